The quantitative estimate of drug-likeness (QED) is 0.661. The SMILES string of the molecule is C[C@H](CCC(=O)O)C1CCC2C3C(O)C[C@@H]4C[C@@H](N)CC[C@]4(C)C3CC[C@@]21C. The van der Waals surface area contributed by atoms with Crippen LogP contribution in [0, 0.1) is 46.3 Å². The Kier molecular flexibility index (Phi) is 5.36. The van der Waals surface area contributed by atoms with E-state index in [1.165, 1.54) is 32.1 Å². The molecular weight excluding hydrogens is 350 g/mol. The van der Waals surface area contributed by atoms with E-state index in [2.05, 4.69) is 20.8 Å². The summed E-state index contributed by atoms with van der Waals surface area (Å²) in [4.78, 5) is 11.1. The van der Waals surface area contributed by atoms with Crippen molar-refractivity contribution >= 4 is 5.97 Å². The van der Waals surface area contributed by atoms with Crippen molar-refractivity contribution in [1.82, 2.24) is 0 Å². The van der Waals surface area contributed by atoms with Crippen molar-refractivity contribution in [3.63, 3.8) is 0 Å². The summed E-state index contributed by atoms with van der Waals surface area (Å²) in [5.74, 6) is 2.66. The number of nitrogens with two attached hydrogens (primary N) is 1. The molecule has 4 aliphatic carbocycles. The molecule has 0 bridgehead atoms. The number of fused-ring (bicyclic) bond motifs is 5. The highest BCUT2D eigenvalue weighted by molar-refractivity contribution is 5.66. The fraction of sp³-hybridized carbons (Fsp3) is 0.958. The third-order valence-electron chi connectivity index (χ3n) is 10.3. The van der Waals surface area contributed by atoms with Gasteiger partial charge in [-0.15, -0.1) is 0 Å². The maximum atomic E-state index is 11.3. The first-order chi connectivity index (χ1) is 13.2. The van der Waals surface area contributed by atoms with Gasteiger partial charge in [0.15, 0.2) is 0 Å². The Bertz CT molecular complexity index is 609. The normalized spacial score (nSPS) is 51.7. The van der Waals surface area contributed by atoms with Gasteiger partial charge in [0.1, 0.15) is 0 Å². The molecule has 0 aromatic rings. The fourth-order valence-electron chi connectivity index (χ4n) is 8.78. The van der Waals surface area contributed by atoms with Gasteiger partial charge in [-0.1, -0.05) is 20.8 Å². The van der Waals surface area contributed by atoms with Gasteiger partial charge in [-0.3, -0.25) is 4.79 Å². The molecule has 5 unspecified atom stereocenters. The van der Waals surface area contributed by atoms with E-state index in [4.69, 9.17) is 10.8 Å². The molecule has 10 atom stereocenters. The second-order valence-electron chi connectivity index (χ2n) is 11.5. The molecule has 4 heteroatoms. The zero-order chi connectivity index (χ0) is 20.3. The first kappa shape index (κ1) is 20.7. The van der Waals surface area contributed by atoms with E-state index in [0.717, 1.165) is 25.7 Å². The van der Waals surface area contributed by atoms with E-state index in [9.17, 15) is 9.90 Å². The molecule has 4 fully saturated rings. The number of carbonyl (C=O) groups is 1. The highest BCUT2D eigenvalue weighted by Crippen LogP contribution is 2.68. The molecule has 0 spiro atoms. The molecule has 160 valence electrons. The predicted octanol–water partition coefficient (Wildman–Crippen LogP) is 4.44. The van der Waals surface area contributed by atoms with E-state index < -0.39 is 5.97 Å². The first-order valence-corrected chi connectivity index (χ1v) is 11.8. The van der Waals surface area contributed by atoms with Crippen molar-refractivity contribution in [2.45, 2.75) is 97.1 Å². The Hall–Kier alpha value is -0.610. The van der Waals surface area contributed by atoms with Crippen molar-refractivity contribution in [2.75, 3.05) is 0 Å². The minimum atomic E-state index is -0.674. The van der Waals surface area contributed by atoms with E-state index in [1.807, 2.05) is 0 Å². The number of carboxylic acid groups (broad SMARTS) is 1. The molecule has 0 saturated heterocycles. The van der Waals surface area contributed by atoms with Crippen LogP contribution in [0.3, 0.4) is 0 Å². The van der Waals surface area contributed by atoms with Crippen LogP contribution < -0.4 is 5.73 Å². The van der Waals surface area contributed by atoms with Crippen molar-refractivity contribution in [2.24, 2.45) is 52.1 Å². The van der Waals surface area contributed by atoms with Crippen molar-refractivity contribution < 1.29 is 15.0 Å². The third-order valence-corrected chi connectivity index (χ3v) is 10.3. The lowest BCUT2D eigenvalue weighted by molar-refractivity contribution is -0.166. The van der Waals surface area contributed by atoms with Crippen LogP contribution in [0.5, 0.6) is 0 Å². The fourth-order valence-corrected chi connectivity index (χ4v) is 8.78. The minimum Gasteiger partial charge on any atom is -0.481 e. The maximum absolute atomic E-state index is 11.3. The Morgan fingerprint density at radius 1 is 1.07 bits per heavy atom. The van der Waals surface area contributed by atoms with Crippen LogP contribution in [0.2, 0.25) is 0 Å². The Morgan fingerprint density at radius 3 is 2.46 bits per heavy atom. The van der Waals surface area contributed by atoms with Gasteiger partial charge >= 0.3 is 5.97 Å². The molecule has 0 radical (unpaired) electrons. The second kappa shape index (κ2) is 7.27. The van der Waals surface area contributed by atoms with Gasteiger partial charge in [-0.2, -0.15) is 0 Å². The molecule has 0 amide bonds. The number of hydrogen-bond acceptors (Lipinski definition) is 3. The summed E-state index contributed by atoms with van der Waals surface area (Å²) >= 11 is 0. The minimum absolute atomic E-state index is 0.175. The zero-order valence-corrected chi connectivity index (χ0v) is 18.1. The van der Waals surface area contributed by atoms with Crippen LogP contribution in [-0.2, 0) is 4.79 Å². The Morgan fingerprint density at radius 2 is 1.75 bits per heavy atom. The van der Waals surface area contributed by atoms with Crippen molar-refractivity contribution in [3.05, 3.63) is 0 Å². The molecule has 0 aliphatic heterocycles. The predicted molar refractivity (Wildman–Crippen MR) is 111 cm³/mol. The van der Waals surface area contributed by atoms with Crippen LogP contribution in [0.15, 0.2) is 0 Å². The molecule has 4 saturated carbocycles. The highest BCUT2D eigenvalue weighted by Gasteiger charge is 2.62. The van der Waals surface area contributed by atoms with Gasteiger partial charge in [0, 0.05) is 12.5 Å². The summed E-state index contributed by atoms with van der Waals surface area (Å²) in [7, 11) is 0. The molecular formula is C24H41NO3. The van der Waals surface area contributed by atoms with E-state index in [-0.39, 0.29) is 17.9 Å². The van der Waals surface area contributed by atoms with Gasteiger partial charge in [0.05, 0.1) is 6.10 Å². The van der Waals surface area contributed by atoms with Gasteiger partial charge in [-0.05, 0) is 104 Å². The summed E-state index contributed by atoms with van der Waals surface area (Å²) in [6.45, 7) is 7.25. The summed E-state index contributed by atoms with van der Waals surface area (Å²) < 4.78 is 0. The highest BCUT2D eigenvalue weighted by atomic mass is 16.4. The number of hydrogen-bond donors (Lipinski definition) is 3. The lowest BCUT2D eigenvalue weighted by atomic mass is 9.43. The van der Waals surface area contributed by atoms with E-state index >= 15 is 0 Å². The Balaban J connectivity index is 1.55. The summed E-state index contributed by atoms with van der Waals surface area (Å²) in [6.07, 6.45) is 10.2. The lowest BCUT2D eigenvalue weighted by Gasteiger charge is -2.62. The lowest BCUT2D eigenvalue weighted by Crippen LogP contribution is -2.59. The van der Waals surface area contributed by atoms with Crippen LogP contribution in [-0.4, -0.2) is 28.3 Å². The largest absolute Gasteiger partial charge is 0.481 e. The average Bonchev–Trinajstić information content (AvgIpc) is 2.98. The Labute approximate surface area is 170 Å². The smallest absolute Gasteiger partial charge is 0.303 e. The topological polar surface area (TPSA) is 83.5 Å². The molecule has 0 aromatic heterocycles. The number of aliphatic hydroxyl groups excluding tert-OH is 1. The van der Waals surface area contributed by atoms with Crippen LogP contribution in [0.4, 0.5) is 0 Å². The van der Waals surface area contributed by atoms with Gasteiger partial charge in [0.25, 0.3) is 0 Å². The van der Waals surface area contributed by atoms with E-state index in [1.54, 1.807) is 0 Å². The first-order valence-electron chi connectivity index (χ1n) is 11.8. The van der Waals surface area contributed by atoms with Gasteiger partial charge in [0.2, 0.25) is 0 Å². The number of carboxylic acids is 1. The number of aliphatic carboxylic acids is 1. The molecule has 0 heterocycles. The van der Waals surface area contributed by atoms with Crippen molar-refractivity contribution in [3.8, 4) is 0 Å². The number of aliphatic hydroxyl groups is 1. The molecule has 4 nitrogen and oxygen atoms in total. The standard InChI is InChI=1S/C24H41NO3/c1-14(4-7-21(27)28)17-5-6-18-22-19(9-11-24(17,18)3)23(2)10-8-16(25)12-15(23)13-20(22)26/h14-20,22,26H,4-13,25H2,1-3H3,(H,27,28)/t14-,15+,16+,17?,18?,19?,20?,22?,23+,24-/m1/s1. The maximum Gasteiger partial charge on any atom is 0.303 e. The van der Waals surface area contributed by atoms with Gasteiger partial charge in [-0.25, -0.2) is 0 Å². The summed E-state index contributed by atoms with van der Waals surface area (Å²) in [5, 5.41) is 20.4. The van der Waals surface area contributed by atoms with Crippen molar-refractivity contribution in [1.29, 1.82) is 0 Å². The average molecular weight is 392 g/mol. The van der Waals surface area contributed by atoms with Crippen LogP contribution in [0.25, 0.3) is 0 Å². The van der Waals surface area contributed by atoms with Gasteiger partial charge < -0.3 is 15.9 Å². The van der Waals surface area contributed by atoms with Crippen LogP contribution in [0.1, 0.15) is 85.0 Å². The molecule has 28 heavy (non-hydrogen) atoms. The molecule has 4 N–H and O–H groups in total. The monoisotopic (exact) mass is 391 g/mol. The zero-order valence-electron chi connectivity index (χ0n) is 18.1. The second-order valence-corrected chi connectivity index (χ2v) is 11.5. The van der Waals surface area contributed by atoms with E-state index in [0.29, 0.717) is 47.0 Å². The molecule has 4 aliphatic rings. The summed E-state index contributed by atoms with van der Waals surface area (Å²) in [5.41, 5.74) is 6.93. The van der Waals surface area contributed by atoms with Crippen LogP contribution >= 0.6 is 0 Å². The molecule has 4 rings (SSSR count). The number of rotatable bonds is 4. The third kappa shape index (κ3) is 3.14. The summed E-state index contributed by atoms with van der Waals surface area (Å²) in [6, 6.07) is 0.321. The molecule has 0 aromatic carbocycles.